The van der Waals surface area contributed by atoms with Crippen molar-refractivity contribution >= 4 is 62.5 Å². The first-order valence-electron chi connectivity index (χ1n) is 7.90. The summed E-state index contributed by atoms with van der Waals surface area (Å²) >= 11 is 17.0. The van der Waals surface area contributed by atoms with Crippen LogP contribution in [0.25, 0.3) is 0 Å². The molecule has 0 spiro atoms. The monoisotopic (exact) mass is 481 g/mol. The number of nitrogens with one attached hydrogen (secondary N) is 1. The molecule has 27 heavy (non-hydrogen) atoms. The van der Waals surface area contributed by atoms with Crippen LogP contribution in [-0.2, 0) is 5.75 Å². The standard InChI is InChI=1S/C19H14BrCl2N3OS/c1-11-5-7-12(8-6-11)10-27-19-23-9-13(20)16(25-19)18(26)24-17-14(21)3-2-4-15(17)22/h2-9H,10H2,1H3,(H,24,26). The van der Waals surface area contributed by atoms with E-state index in [2.05, 4.69) is 55.5 Å². The molecule has 0 aliphatic carbocycles. The van der Waals surface area contributed by atoms with Crippen molar-refractivity contribution in [2.45, 2.75) is 17.8 Å². The van der Waals surface area contributed by atoms with E-state index in [-0.39, 0.29) is 5.69 Å². The van der Waals surface area contributed by atoms with Crippen molar-refractivity contribution in [3.05, 3.63) is 80.0 Å². The zero-order valence-corrected chi connectivity index (χ0v) is 18.1. The van der Waals surface area contributed by atoms with Crippen molar-refractivity contribution in [3.63, 3.8) is 0 Å². The molecule has 1 heterocycles. The van der Waals surface area contributed by atoms with Gasteiger partial charge in [-0.1, -0.05) is 70.9 Å². The number of nitrogens with zero attached hydrogens (tertiary/aromatic N) is 2. The largest absolute Gasteiger partial charge is 0.318 e. The lowest BCUT2D eigenvalue weighted by molar-refractivity contribution is 0.102. The minimum Gasteiger partial charge on any atom is -0.318 e. The van der Waals surface area contributed by atoms with Gasteiger partial charge in [-0.25, -0.2) is 9.97 Å². The highest BCUT2D eigenvalue weighted by molar-refractivity contribution is 9.10. The Hall–Kier alpha value is -1.60. The molecule has 1 N–H and O–H groups in total. The van der Waals surface area contributed by atoms with Crippen LogP contribution < -0.4 is 5.32 Å². The molecule has 0 aliphatic rings. The number of rotatable bonds is 5. The summed E-state index contributed by atoms with van der Waals surface area (Å²) in [5.41, 5.74) is 2.93. The maximum absolute atomic E-state index is 12.6. The quantitative estimate of drug-likeness (QED) is 0.337. The first kappa shape index (κ1) is 20.1. The van der Waals surface area contributed by atoms with Gasteiger partial charge in [0, 0.05) is 11.9 Å². The van der Waals surface area contributed by atoms with Crippen LogP contribution in [0, 0.1) is 6.92 Å². The van der Waals surface area contributed by atoms with E-state index in [1.807, 2.05) is 6.92 Å². The van der Waals surface area contributed by atoms with Gasteiger partial charge in [-0.15, -0.1) is 0 Å². The van der Waals surface area contributed by atoms with E-state index in [1.165, 1.54) is 17.3 Å². The third-order valence-corrected chi connectivity index (χ3v) is 5.77. The van der Waals surface area contributed by atoms with Crippen LogP contribution in [0.1, 0.15) is 21.6 Å². The fraction of sp³-hybridized carbons (Fsp3) is 0.105. The van der Waals surface area contributed by atoms with Crippen LogP contribution in [0.15, 0.2) is 58.3 Å². The van der Waals surface area contributed by atoms with Crippen molar-refractivity contribution in [1.82, 2.24) is 9.97 Å². The summed E-state index contributed by atoms with van der Waals surface area (Å²) in [6.45, 7) is 2.05. The van der Waals surface area contributed by atoms with Gasteiger partial charge in [0.1, 0.15) is 5.69 Å². The van der Waals surface area contributed by atoms with Gasteiger partial charge in [0.15, 0.2) is 5.16 Å². The fourth-order valence-electron chi connectivity index (χ4n) is 2.20. The third-order valence-electron chi connectivity index (χ3n) is 3.63. The minimum absolute atomic E-state index is 0.215. The van der Waals surface area contributed by atoms with Crippen molar-refractivity contribution in [3.8, 4) is 0 Å². The number of aryl methyl sites for hydroxylation is 1. The number of aromatic nitrogens is 2. The van der Waals surface area contributed by atoms with Gasteiger partial charge in [-0.05, 0) is 40.5 Å². The Kier molecular flexibility index (Phi) is 6.76. The summed E-state index contributed by atoms with van der Waals surface area (Å²) in [5.74, 6) is 0.288. The highest BCUT2D eigenvalue weighted by atomic mass is 79.9. The number of carbonyl (C=O) groups is 1. The number of hydrogen-bond acceptors (Lipinski definition) is 4. The van der Waals surface area contributed by atoms with Crippen molar-refractivity contribution in [2.75, 3.05) is 5.32 Å². The molecule has 0 unspecified atom stereocenters. The molecule has 0 fully saturated rings. The smallest absolute Gasteiger partial charge is 0.275 e. The molecule has 0 radical (unpaired) electrons. The van der Waals surface area contributed by atoms with E-state index < -0.39 is 5.91 Å². The van der Waals surface area contributed by atoms with Crippen LogP contribution >= 0.6 is 50.9 Å². The number of hydrogen-bond donors (Lipinski definition) is 1. The maximum atomic E-state index is 12.6. The van der Waals surface area contributed by atoms with E-state index in [9.17, 15) is 4.79 Å². The van der Waals surface area contributed by atoms with E-state index in [0.717, 1.165) is 5.56 Å². The second kappa shape index (κ2) is 9.06. The molecule has 3 rings (SSSR count). The number of thioether (sulfide) groups is 1. The Labute approximate surface area is 179 Å². The number of anilines is 1. The first-order chi connectivity index (χ1) is 12.9. The van der Waals surface area contributed by atoms with Crippen LogP contribution in [0.5, 0.6) is 0 Å². The zero-order chi connectivity index (χ0) is 19.4. The summed E-state index contributed by atoms with van der Waals surface area (Å²) in [5, 5.41) is 3.93. The average Bonchev–Trinajstić information content (AvgIpc) is 2.65. The van der Waals surface area contributed by atoms with E-state index in [1.54, 1.807) is 24.4 Å². The number of halogens is 3. The molecule has 2 aromatic carbocycles. The SMILES string of the molecule is Cc1ccc(CSc2ncc(Br)c(C(=O)Nc3c(Cl)cccc3Cl)n2)cc1. The normalized spacial score (nSPS) is 10.7. The predicted octanol–water partition coefficient (Wildman–Crippen LogP) is 6.40. The summed E-state index contributed by atoms with van der Waals surface area (Å²) < 4.78 is 0.489. The molecule has 0 aliphatic heterocycles. The summed E-state index contributed by atoms with van der Waals surface area (Å²) in [6, 6.07) is 13.3. The Morgan fingerprint density at radius 2 is 1.81 bits per heavy atom. The van der Waals surface area contributed by atoms with Gasteiger partial charge in [0.2, 0.25) is 0 Å². The fourth-order valence-corrected chi connectivity index (χ4v) is 3.84. The first-order valence-corrected chi connectivity index (χ1v) is 10.4. The summed E-state index contributed by atoms with van der Waals surface area (Å²) in [7, 11) is 0. The second-order valence-electron chi connectivity index (χ2n) is 5.67. The second-order valence-corrected chi connectivity index (χ2v) is 8.29. The number of benzene rings is 2. The lowest BCUT2D eigenvalue weighted by atomic mass is 10.2. The summed E-state index contributed by atoms with van der Waals surface area (Å²) in [6.07, 6.45) is 1.56. The van der Waals surface area contributed by atoms with Gasteiger partial charge in [0.25, 0.3) is 5.91 Å². The van der Waals surface area contributed by atoms with E-state index in [4.69, 9.17) is 23.2 Å². The van der Waals surface area contributed by atoms with Crippen LogP contribution in [-0.4, -0.2) is 15.9 Å². The highest BCUT2D eigenvalue weighted by Gasteiger charge is 2.17. The van der Waals surface area contributed by atoms with Gasteiger partial charge in [-0.3, -0.25) is 4.79 Å². The summed E-state index contributed by atoms with van der Waals surface area (Å²) in [4.78, 5) is 21.3. The Morgan fingerprint density at radius 3 is 2.48 bits per heavy atom. The average molecular weight is 483 g/mol. The molecule has 0 bridgehead atoms. The molecule has 1 amide bonds. The molecule has 0 atom stereocenters. The lowest BCUT2D eigenvalue weighted by Gasteiger charge is -2.10. The molecule has 0 saturated carbocycles. The highest BCUT2D eigenvalue weighted by Crippen LogP contribution is 2.31. The van der Waals surface area contributed by atoms with Crippen molar-refractivity contribution < 1.29 is 4.79 Å². The van der Waals surface area contributed by atoms with Gasteiger partial charge in [-0.2, -0.15) is 0 Å². The molecule has 1 aromatic heterocycles. The van der Waals surface area contributed by atoms with Gasteiger partial charge < -0.3 is 5.32 Å². The molecule has 0 saturated heterocycles. The Bertz CT molecular complexity index is 963. The number of amides is 1. The number of carbonyl (C=O) groups excluding carboxylic acids is 1. The molecule has 138 valence electrons. The number of para-hydroxylation sites is 1. The van der Waals surface area contributed by atoms with Crippen LogP contribution in [0.3, 0.4) is 0 Å². The Balaban J connectivity index is 1.76. The molecular weight excluding hydrogens is 469 g/mol. The van der Waals surface area contributed by atoms with Gasteiger partial charge >= 0.3 is 0 Å². The third kappa shape index (κ3) is 5.23. The van der Waals surface area contributed by atoms with Crippen LogP contribution in [0.4, 0.5) is 5.69 Å². The van der Waals surface area contributed by atoms with E-state index in [0.29, 0.717) is 31.1 Å². The van der Waals surface area contributed by atoms with Crippen molar-refractivity contribution in [2.24, 2.45) is 0 Å². The van der Waals surface area contributed by atoms with Crippen LogP contribution in [0.2, 0.25) is 10.0 Å². The minimum atomic E-state index is -0.420. The lowest BCUT2D eigenvalue weighted by Crippen LogP contribution is -2.16. The van der Waals surface area contributed by atoms with Crippen molar-refractivity contribution in [1.29, 1.82) is 0 Å². The predicted molar refractivity (Wildman–Crippen MR) is 115 cm³/mol. The molecule has 3 aromatic rings. The molecule has 8 heteroatoms. The van der Waals surface area contributed by atoms with Gasteiger partial charge in [0.05, 0.1) is 20.2 Å². The zero-order valence-electron chi connectivity index (χ0n) is 14.2. The van der Waals surface area contributed by atoms with E-state index >= 15 is 0 Å². The maximum Gasteiger partial charge on any atom is 0.275 e. The molecule has 4 nitrogen and oxygen atoms in total. The Morgan fingerprint density at radius 1 is 1.15 bits per heavy atom. The topological polar surface area (TPSA) is 54.9 Å². The molecular formula is C19H14BrCl2N3OS.